The molecule has 1 unspecified atom stereocenters. The molecule has 0 radical (unpaired) electrons. The van der Waals surface area contributed by atoms with Gasteiger partial charge in [0.15, 0.2) is 11.9 Å². The fraction of sp³-hybridized carbons (Fsp3) is 0.619. The predicted octanol–water partition coefficient (Wildman–Crippen LogP) is 1.73. The normalized spacial score (nSPS) is 38.0. The number of nitroso groups, excluding NO2 is 1. The highest BCUT2D eigenvalue weighted by Gasteiger charge is 2.73. The number of carbonyl (C=O) groups excluding carboxylic acids is 2. The number of hydrogen-bond acceptors (Lipinski definition) is 6. The largest absolute Gasteiger partial charge is 0.480 e. The van der Waals surface area contributed by atoms with E-state index < -0.39 is 23.0 Å². The van der Waals surface area contributed by atoms with Gasteiger partial charge < -0.3 is 9.84 Å². The highest BCUT2D eigenvalue weighted by atomic mass is 16.5. The summed E-state index contributed by atoms with van der Waals surface area (Å²) in [6.45, 7) is 1.80. The van der Waals surface area contributed by atoms with Crippen LogP contribution in [-0.4, -0.2) is 52.5 Å². The lowest BCUT2D eigenvalue weighted by Gasteiger charge is -2.62. The third-order valence-electron chi connectivity index (χ3n) is 7.89. The van der Waals surface area contributed by atoms with Crippen molar-refractivity contribution in [3.63, 3.8) is 0 Å². The van der Waals surface area contributed by atoms with Crippen molar-refractivity contribution in [2.45, 2.75) is 61.7 Å². The van der Waals surface area contributed by atoms with E-state index >= 15 is 0 Å². The number of likely N-dealkylation sites (tertiary alicyclic amines) is 1. The molecule has 3 fully saturated rings. The Hall–Kier alpha value is -2.12. The third kappa shape index (κ3) is 1.82. The van der Waals surface area contributed by atoms with Crippen molar-refractivity contribution in [1.82, 2.24) is 4.90 Å². The number of ketones is 1. The van der Waals surface area contributed by atoms with Crippen LogP contribution in [0, 0.1) is 10.8 Å². The number of nitrogens with zero attached hydrogens (tertiary/aromatic N) is 2. The fourth-order valence-corrected chi connectivity index (χ4v) is 6.50. The van der Waals surface area contributed by atoms with Crippen LogP contribution in [0.4, 0.5) is 0 Å². The molecule has 1 N–H and O–H groups in total. The Kier molecular flexibility index (Phi) is 3.16. The number of piperidine rings is 1. The van der Waals surface area contributed by atoms with E-state index in [1.54, 1.807) is 6.07 Å². The topological polar surface area (TPSA) is 96.3 Å². The smallest absolute Gasteiger partial charge is 0.320 e. The number of hydrogen-bond donors (Lipinski definition) is 1. The second kappa shape index (κ2) is 5.27. The van der Waals surface area contributed by atoms with Gasteiger partial charge in [0.1, 0.15) is 5.75 Å². The summed E-state index contributed by atoms with van der Waals surface area (Å²) in [5.74, 6) is 0.0988. The first-order valence-corrected chi connectivity index (χ1v) is 10.2. The predicted molar refractivity (Wildman–Crippen MR) is 98.3 cm³/mol. The van der Waals surface area contributed by atoms with E-state index in [1.807, 2.05) is 6.07 Å². The average Bonchev–Trinajstić information content (AvgIpc) is 3.43. The molecule has 5 aliphatic rings. The Morgan fingerprint density at radius 1 is 1.32 bits per heavy atom. The number of benzene rings is 1. The van der Waals surface area contributed by atoms with E-state index in [2.05, 4.69) is 10.1 Å². The van der Waals surface area contributed by atoms with Gasteiger partial charge in [0, 0.05) is 29.7 Å². The number of amides is 1. The molecular weight excluding hydrogens is 360 g/mol. The average molecular weight is 382 g/mol. The lowest BCUT2D eigenvalue weighted by molar-refractivity contribution is -0.188. The quantitative estimate of drug-likeness (QED) is 0.800. The van der Waals surface area contributed by atoms with E-state index in [4.69, 9.17) is 4.74 Å². The molecule has 1 aromatic carbocycles. The standard InChI is InChI=1S/C21H22N2O5/c24-14-5-6-21(26)15-9-12-3-4-13(19(25)22-27)17-16(12)20(21,18(14)28-17)7-8-23(15)10-11-1-2-11/h3-4,11,15,18,26H,1-2,5-10H2/t15-,18+,20+,21?/m1/s1. The molecule has 0 aromatic heterocycles. The molecule has 4 atom stereocenters. The zero-order valence-electron chi connectivity index (χ0n) is 15.5. The second-order valence-electron chi connectivity index (χ2n) is 9.14. The SMILES string of the molecule is O=NC(=O)c1ccc2c3c1O[C@H]1C(=O)CCC4(O)[C@@H](C2)N(CC2CC2)CC[C@]314. The molecule has 7 heteroatoms. The van der Waals surface area contributed by atoms with Gasteiger partial charge in [-0.25, -0.2) is 0 Å². The van der Waals surface area contributed by atoms with Crippen molar-refractivity contribution in [3.8, 4) is 5.75 Å². The van der Waals surface area contributed by atoms with Crippen LogP contribution in [0.25, 0.3) is 0 Å². The van der Waals surface area contributed by atoms with E-state index in [0.29, 0.717) is 30.9 Å². The molecule has 1 saturated heterocycles. The molecule has 28 heavy (non-hydrogen) atoms. The molecular formula is C21H22N2O5. The lowest BCUT2D eigenvalue weighted by atomic mass is 9.49. The van der Waals surface area contributed by atoms with Crippen molar-refractivity contribution >= 4 is 11.7 Å². The highest BCUT2D eigenvalue weighted by Crippen LogP contribution is 2.64. The molecule has 146 valence electrons. The van der Waals surface area contributed by atoms with Gasteiger partial charge in [0.25, 0.3) is 0 Å². The minimum atomic E-state index is -1.06. The molecule has 2 heterocycles. The molecule has 6 rings (SSSR count). The van der Waals surface area contributed by atoms with Crippen LogP contribution < -0.4 is 4.74 Å². The van der Waals surface area contributed by atoms with Crippen molar-refractivity contribution in [1.29, 1.82) is 0 Å². The van der Waals surface area contributed by atoms with Crippen LogP contribution in [0.3, 0.4) is 0 Å². The molecule has 1 spiro atoms. The van der Waals surface area contributed by atoms with Gasteiger partial charge in [0.2, 0.25) is 0 Å². The molecule has 1 aromatic rings. The monoisotopic (exact) mass is 382 g/mol. The summed E-state index contributed by atoms with van der Waals surface area (Å²) in [5, 5.41) is 14.6. The lowest BCUT2D eigenvalue weighted by Crippen LogP contribution is -2.76. The van der Waals surface area contributed by atoms with Gasteiger partial charge in [-0.3, -0.25) is 14.5 Å². The molecule has 2 aliphatic heterocycles. The summed E-state index contributed by atoms with van der Waals surface area (Å²) < 4.78 is 6.09. The Labute approximate surface area is 162 Å². The summed E-state index contributed by atoms with van der Waals surface area (Å²) in [6, 6.07) is 3.39. The molecule has 3 aliphatic carbocycles. The Bertz CT molecular complexity index is 941. The van der Waals surface area contributed by atoms with E-state index in [1.165, 1.54) is 12.8 Å². The molecule has 2 saturated carbocycles. The molecule has 7 nitrogen and oxygen atoms in total. The number of carbonyl (C=O) groups is 2. The number of ether oxygens (including phenoxy) is 1. The van der Waals surface area contributed by atoms with Crippen LogP contribution in [-0.2, 0) is 16.6 Å². The first kappa shape index (κ1) is 16.8. The molecule has 1 amide bonds. The van der Waals surface area contributed by atoms with E-state index in [-0.39, 0.29) is 23.8 Å². The van der Waals surface area contributed by atoms with Gasteiger partial charge >= 0.3 is 5.91 Å². The van der Waals surface area contributed by atoms with Crippen molar-refractivity contribution in [2.24, 2.45) is 11.1 Å². The number of Topliss-reactive ketones (excluding diaryl/α,β-unsaturated/α-hetero) is 1. The highest BCUT2D eigenvalue weighted by molar-refractivity contribution is 6.00. The summed E-state index contributed by atoms with van der Waals surface area (Å²) in [7, 11) is 0. The van der Waals surface area contributed by atoms with Crippen molar-refractivity contribution in [2.75, 3.05) is 13.1 Å². The summed E-state index contributed by atoms with van der Waals surface area (Å²) >= 11 is 0. The second-order valence-corrected chi connectivity index (χ2v) is 9.14. The van der Waals surface area contributed by atoms with Crippen molar-refractivity contribution in [3.05, 3.63) is 33.7 Å². The molecule has 2 bridgehead atoms. The first-order chi connectivity index (χ1) is 13.5. The minimum Gasteiger partial charge on any atom is -0.480 e. The Morgan fingerprint density at radius 3 is 2.89 bits per heavy atom. The zero-order valence-corrected chi connectivity index (χ0v) is 15.5. The Morgan fingerprint density at radius 2 is 2.14 bits per heavy atom. The minimum absolute atomic E-state index is 0.0272. The first-order valence-electron chi connectivity index (χ1n) is 10.2. The van der Waals surface area contributed by atoms with Crippen LogP contribution in [0.5, 0.6) is 5.75 Å². The van der Waals surface area contributed by atoms with Crippen LogP contribution in [0.15, 0.2) is 17.3 Å². The summed E-state index contributed by atoms with van der Waals surface area (Å²) in [4.78, 5) is 38.3. The number of rotatable bonds is 3. The Balaban J connectivity index is 1.57. The van der Waals surface area contributed by atoms with Crippen LogP contribution >= 0.6 is 0 Å². The van der Waals surface area contributed by atoms with Gasteiger partial charge in [-0.15, -0.1) is 4.91 Å². The maximum Gasteiger partial charge on any atom is 0.320 e. The summed E-state index contributed by atoms with van der Waals surface area (Å²) in [6.07, 6.45) is 3.70. The van der Waals surface area contributed by atoms with E-state index in [9.17, 15) is 19.6 Å². The van der Waals surface area contributed by atoms with Gasteiger partial charge in [-0.2, -0.15) is 0 Å². The maximum atomic E-state index is 12.9. The van der Waals surface area contributed by atoms with E-state index in [0.717, 1.165) is 24.2 Å². The third-order valence-corrected chi connectivity index (χ3v) is 7.89. The van der Waals surface area contributed by atoms with Crippen molar-refractivity contribution < 1.29 is 19.4 Å². The zero-order chi connectivity index (χ0) is 19.3. The van der Waals surface area contributed by atoms with Gasteiger partial charge in [-0.05, 0) is 56.2 Å². The number of aliphatic hydroxyl groups is 1. The fourth-order valence-electron chi connectivity index (χ4n) is 6.50. The van der Waals surface area contributed by atoms with Crippen LogP contribution in [0.1, 0.15) is 53.6 Å². The van der Waals surface area contributed by atoms with Gasteiger partial charge in [0.05, 0.1) is 16.6 Å². The van der Waals surface area contributed by atoms with Crippen LogP contribution in [0.2, 0.25) is 0 Å². The van der Waals surface area contributed by atoms with Gasteiger partial charge in [-0.1, -0.05) is 6.07 Å². The maximum absolute atomic E-state index is 12.9. The summed E-state index contributed by atoms with van der Waals surface area (Å²) in [5.41, 5.74) is 0.0174.